The highest BCUT2D eigenvalue weighted by atomic mass is 35.5. The van der Waals surface area contributed by atoms with Crippen molar-refractivity contribution in [1.82, 2.24) is 29.6 Å². The number of hydrogen-bond donors (Lipinski definition) is 1. The molecule has 0 saturated carbocycles. The molecule has 0 unspecified atom stereocenters. The summed E-state index contributed by atoms with van der Waals surface area (Å²) in [6.07, 6.45) is 4.19. The van der Waals surface area contributed by atoms with E-state index in [9.17, 15) is 13.6 Å². The maximum atomic E-state index is 13.4. The highest BCUT2D eigenvalue weighted by Crippen LogP contribution is 2.30. The van der Waals surface area contributed by atoms with Crippen molar-refractivity contribution in [2.45, 2.75) is 18.8 Å². The smallest absolute Gasteiger partial charge is 0.255 e. The van der Waals surface area contributed by atoms with Gasteiger partial charge in [-0.05, 0) is 30.3 Å². The molecule has 31 heavy (non-hydrogen) atoms. The highest BCUT2D eigenvalue weighted by molar-refractivity contribution is 6.33. The molecule has 4 heterocycles. The Labute approximate surface area is 180 Å². The third kappa shape index (κ3) is 3.65. The van der Waals surface area contributed by atoms with Gasteiger partial charge in [0, 0.05) is 55.0 Å². The van der Waals surface area contributed by atoms with Crippen LogP contribution in [0.1, 0.15) is 23.2 Å². The van der Waals surface area contributed by atoms with Crippen molar-refractivity contribution in [3.63, 3.8) is 0 Å². The first kappa shape index (κ1) is 19.6. The molecule has 1 N–H and O–H groups in total. The van der Waals surface area contributed by atoms with Crippen LogP contribution in [-0.4, -0.2) is 54.6 Å². The molecule has 0 atom stereocenters. The maximum Gasteiger partial charge on any atom is 0.255 e. The SMILES string of the molecule is O=C(c1cnc2c(ccn2-c2ccc(-c3nnc[nH]3)c(Cl)c2)c1)N1CCC(F)(F)CC1. The number of fused-ring (bicyclic) bond motifs is 1. The zero-order chi connectivity index (χ0) is 21.6. The molecule has 4 aromatic rings. The Morgan fingerprint density at radius 3 is 2.68 bits per heavy atom. The molecule has 1 aromatic carbocycles. The normalized spacial score (nSPS) is 16.0. The van der Waals surface area contributed by atoms with Crippen LogP contribution in [0.3, 0.4) is 0 Å². The number of likely N-dealkylation sites (tertiary alicyclic amines) is 1. The van der Waals surface area contributed by atoms with Crippen LogP contribution in [0.5, 0.6) is 0 Å². The molecule has 10 heteroatoms. The van der Waals surface area contributed by atoms with Gasteiger partial charge < -0.3 is 14.5 Å². The lowest BCUT2D eigenvalue weighted by molar-refractivity contribution is -0.0494. The summed E-state index contributed by atoms with van der Waals surface area (Å²) in [6, 6.07) is 9.11. The van der Waals surface area contributed by atoms with Crippen molar-refractivity contribution >= 4 is 28.5 Å². The summed E-state index contributed by atoms with van der Waals surface area (Å²) in [5.41, 5.74) is 2.57. The van der Waals surface area contributed by atoms with Crippen molar-refractivity contribution < 1.29 is 13.6 Å². The first-order valence-corrected chi connectivity index (χ1v) is 10.1. The minimum Gasteiger partial charge on any atom is -0.338 e. The van der Waals surface area contributed by atoms with Crippen LogP contribution in [0.15, 0.2) is 49.1 Å². The van der Waals surface area contributed by atoms with Gasteiger partial charge in [-0.25, -0.2) is 13.8 Å². The number of pyridine rings is 1. The van der Waals surface area contributed by atoms with E-state index >= 15 is 0 Å². The van der Waals surface area contributed by atoms with Gasteiger partial charge in [0.2, 0.25) is 0 Å². The Kier molecular flexibility index (Phi) is 4.70. The van der Waals surface area contributed by atoms with Gasteiger partial charge in [0.25, 0.3) is 11.8 Å². The lowest BCUT2D eigenvalue weighted by Gasteiger charge is -2.31. The number of nitrogens with zero attached hydrogens (tertiary/aromatic N) is 5. The van der Waals surface area contributed by atoms with Gasteiger partial charge in [-0.2, -0.15) is 0 Å². The Morgan fingerprint density at radius 1 is 1.16 bits per heavy atom. The number of carbonyl (C=O) groups excluding carboxylic acids is 1. The van der Waals surface area contributed by atoms with Gasteiger partial charge in [0.1, 0.15) is 12.0 Å². The predicted octanol–water partition coefficient (Wildman–Crippen LogP) is 4.34. The van der Waals surface area contributed by atoms with Gasteiger partial charge in [-0.3, -0.25) is 4.79 Å². The van der Waals surface area contributed by atoms with E-state index in [1.54, 1.807) is 12.1 Å². The molecule has 158 valence electrons. The Morgan fingerprint density at radius 2 is 1.97 bits per heavy atom. The molecular weight excluding hydrogens is 426 g/mol. The molecule has 0 spiro atoms. The molecule has 1 amide bonds. The van der Waals surface area contributed by atoms with E-state index in [0.29, 0.717) is 22.1 Å². The second-order valence-electron chi connectivity index (χ2n) is 7.47. The third-order valence-corrected chi connectivity index (χ3v) is 5.77. The molecule has 5 rings (SSSR count). The number of H-pyrrole nitrogens is 1. The van der Waals surface area contributed by atoms with E-state index in [1.807, 2.05) is 29.0 Å². The third-order valence-electron chi connectivity index (χ3n) is 5.46. The van der Waals surface area contributed by atoms with Crippen LogP contribution < -0.4 is 0 Å². The fraction of sp³-hybridized carbons (Fsp3) is 0.238. The van der Waals surface area contributed by atoms with E-state index in [2.05, 4.69) is 20.2 Å². The lowest BCUT2D eigenvalue weighted by atomic mass is 10.1. The summed E-state index contributed by atoms with van der Waals surface area (Å²) in [5.74, 6) is -2.40. The second kappa shape index (κ2) is 7.42. The number of aromatic amines is 1. The number of hydrogen-bond acceptors (Lipinski definition) is 4. The van der Waals surface area contributed by atoms with Gasteiger partial charge in [0.05, 0.1) is 10.6 Å². The van der Waals surface area contributed by atoms with Crippen LogP contribution in [0.25, 0.3) is 28.1 Å². The molecule has 1 aliphatic heterocycles. The van der Waals surface area contributed by atoms with Crippen LogP contribution in [0.4, 0.5) is 8.78 Å². The predicted molar refractivity (Wildman–Crippen MR) is 112 cm³/mol. The summed E-state index contributed by atoms with van der Waals surface area (Å²) < 4.78 is 28.6. The summed E-state index contributed by atoms with van der Waals surface area (Å²) in [6.45, 7) is 0.0852. The van der Waals surface area contributed by atoms with E-state index in [-0.39, 0.29) is 31.8 Å². The average Bonchev–Trinajstić information content (AvgIpc) is 3.43. The molecule has 7 nitrogen and oxygen atoms in total. The van der Waals surface area contributed by atoms with Crippen LogP contribution in [0.2, 0.25) is 5.02 Å². The van der Waals surface area contributed by atoms with Gasteiger partial charge in [0.15, 0.2) is 5.82 Å². The average molecular weight is 443 g/mol. The zero-order valence-electron chi connectivity index (χ0n) is 16.2. The molecule has 0 bridgehead atoms. The fourth-order valence-corrected chi connectivity index (χ4v) is 4.02. The van der Waals surface area contributed by atoms with Crippen molar-refractivity contribution in [1.29, 1.82) is 0 Å². The minimum absolute atomic E-state index is 0.0426. The quantitative estimate of drug-likeness (QED) is 0.512. The van der Waals surface area contributed by atoms with E-state index in [1.165, 1.54) is 17.4 Å². The number of carbonyl (C=O) groups is 1. The van der Waals surface area contributed by atoms with Crippen LogP contribution >= 0.6 is 11.6 Å². The van der Waals surface area contributed by atoms with Crippen molar-refractivity contribution in [3.05, 3.63) is 59.6 Å². The molecular formula is C21H17ClF2N6O. The minimum atomic E-state index is -2.69. The first-order valence-electron chi connectivity index (χ1n) is 9.72. The number of alkyl halides is 2. The number of nitrogens with one attached hydrogen (secondary N) is 1. The second-order valence-corrected chi connectivity index (χ2v) is 7.88. The monoisotopic (exact) mass is 442 g/mol. The number of aromatic nitrogens is 5. The van der Waals surface area contributed by atoms with Crippen molar-refractivity contribution in [2.75, 3.05) is 13.1 Å². The molecule has 1 aliphatic rings. The Bertz CT molecular complexity index is 1260. The summed E-state index contributed by atoms with van der Waals surface area (Å²) in [7, 11) is 0. The lowest BCUT2D eigenvalue weighted by Crippen LogP contribution is -2.42. The van der Waals surface area contributed by atoms with E-state index in [0.717, 1.165) is 16.6 Å². The fourth-order valence-electron chi connectivity index (χ4n) is 3.75. The molecule has 1 fully saturated rings. The van der Waals surface area contributed by atoms with Gasteiger partial charge in [-0.15, -0.1) is 10.2 Å². The largest absolute Gasteiger partial charge is 0.338 e. The summed E-state index contributed by atoms with van der Waals surface area (Å²) in [5, 5.41) is 9.02. The number of amides is 1. The van der Waals surface area contributed by atoms with Crippen LogP contribution in [0, 0.1) is 0 Å². The van der Waals surface area contributed by atoms with E-state index in [4.69, 9.17) is 11.6 Å². The topological polar surface area (TPSA) is 79.7 Å². The highest BCUT2D eigenvalue weighted by Gasteiger charge is 2.35. The number of benzene rings is 1. The van der Waals surface area contributed by atoms with Gasteiger partial charge in [-0.1, -0.05) is 11.6 Å². The summed E-state index contributed by atoms with van der Waals surface area (Å²) in [4.78, 5) is 21.6. The molecule has 1 saturated heterocycles. The molecule has 3 aromatic heterocycles. The van der Waals surface area contributed by atoms with Crippen LogP contribution in [-0.2, 0) is 0 Å². The number of rotatable bonds is 3. The Hall–Kier alpha value is -3.33. The van der Waals surface area contributed by atoms with Crippen molar-refractivity contribution in [3.8, 4) is 17.1 Å². The maximum absolute atomic E-state index is 13.4. The first-order chi connectivity index (χ1) is 14.9. The molecule has 0 aliphatic carbocycles. The number of piperidine rings is 1. The summed E-state index contributed by atoms with van der Waals surface area (Å²) >= 11 is 6.44. The standard InChI is InChI=1S/C21H17ClF2N6O/c22-17-10-15(1-2-16(17)18-26-12-27-28-18)30-6-3-13-9-14(11-25-19(13)30)20(31)29-7-4-21(23,24)5-8-29/h1-3,6,9-12H,4-5,7-8H2,(H,26,27,28). The Balaban J connectivity index is 1.42. The molecule has 0 radical (unpaired) electrons. The van der Waals surface area contributed by atoms with Crippen molar-refractivity contribution in [2.24, 2.45) is 0 Å². The van der Waals surface area contributed by atoms with E-state index < -0.39 is 5.92 Å². The number of halogens is 3. The zero-order valence-corrected chi connectivity index (χ0v) is 17.0. The van der Waals surface area contributed by atoms with Gasteiger partial charge >= 0.3 is 0 Å².